The molecule has 0 aliphatic carbocycles. The number of hydrogen-bond donors (Lipinski definition) is 14. The Labute approximate surface area is 491 Å². The molecular formula is C57H80N16O12. The molecule has 0 unspecified atom stereocenters. The van der Waals surface area contributed by atoms with Crippen LogP contribution in [0.25, 0.3) is 10.9 Å². The number of aromatic amines is 2. The number of hydrogen-bond acceptors (Lipinski definition) is 13. The second-order valence-electron chi connectivity index (χ2n) is 21.2. The number of imidazole rings is 1. The molecule has 17 N–H and O–H groups in total. The van der Waals surface area contributed by atoms with E-state index < -0.39 is 133 Å². The van der Waals surface area contributed by atoms with Crippen LogP contribution < -0.4 is 59.7 Å². The lowest BCUT2D eigenvalue weighted by atomic mass is 10.0. The van der Waals surface area contributed by atoms with Crippen LogP contribution in [0.4, 0.5) is 0 Å². The van der Waals surface area contributed by atoms with Gasteiger partial charge in [-0.25, -0.2) is 4.98 Å². The van der Waals surface area contributed by atoms with Crippen LogP contribution in [0.15, 0.2) is 78.3 Å². The van der Waals surface area contributed by atoms with Crippen LogP contribution in [-0.4, -0.2) is 164 Å². The quantitative estimate of drug-likeness (QED) is 0.0147. The van der Waals surface area contributed by atoms with Crippen LogP contribution in [0.2, 0.25) is 0 Å². The molecule has 5 rings (SSSR count). The van der Waals surface area contributed by atoms with E-state index in [-0.39, 0.29) is 63.5 Å². The summed E-state index contributed by atoms with van der Waals surface area (Å²) in [6.07, 6.45) is 5.11. The number of carbonyl (C=O) groups is 11. The van der Waals surface area contributed by atoms with Gasteiger partial charge in [-0.1, -0.05) is 82.1 Å². The Morgan fingerprint density at radius 3 is 1.86 bits per heavy atom. The standard InChI is InChI=1S/C57H80N16O12/c1-5-6-17-39(66-33(4)74)51(80)68-41(21-22-47(76)77)53(82)71-44(27-36-29-61-31-65-36)55(84)69-42(25-34-14-8-7-9-15-34)54(83)67-40(19-12-23-62-57(59)60)52(81)70-43(26-35-28-63-38-18-11-10-16-37(35)38)50(79)64-30-46(75)73-24-13-20-45(73)56(85)72-48(32(2)3)49(58)78/h7-11,14-16,18,28-29,31-32,39-45,48,63H,5-6,12-13,17,19-27,30H2,1-4H3,(H2,58,78)(H,61,65)(H,64,79)(H,66,74)(H,67,83)(H,68,80)(H,69,84)(H,70,81)(H,71,82)(H,72,85)(H,76,77)(H4,59,60,62)/t39-,40-,41-,42+,43-,44-,45-,48-/m0/s1. The van der Waals surface area contributed by atoms with E-state index in [0.29, 0.717) is 42.5 Å². The van der Waals surface area contributed by atoms with Crippen molar-refractivity contribution in [2.75, 3.05) is 19.6 Å². The summed E-state index contributed by atoms with van der Waals surface area (Å²) in [4.78, 5) is 165. The third kappa shape index (κ3) is 21.1. The molecule has 2 aromatic heterocycles. The number of H-pyrrole nitrogens is 2. The average molecular weight is 1180 g/mol. The molecule has 4 aromatic rings. The van der Waals surface area contributed by atoms with Gasteiger partial charge in [0.25, 0.3) is 0 Å². The Hall–Kier alpha value is -9.37. The van der Waals surface area contributed by atoms with Crippen molar-refractivity contribution in [1.29, 1.82) is 0 Å². The highest BCUT2D eigenvalue weighted by atomic mass is 16.4. The molecule has 0 bridgehead atoms. The van der Waals surface area contributed by atoms with Crippen LogP contribution >= 0.6 is 0 Å². The van der Waals surface area contributed by atoms with Crippen molar-refractivity contribution in [1.82, 2.24) is 62.4 Å². The fourth-order valence-corrected chi connectivity index (χ4v) is 9.75. The van der Waals surface area contributed by atoms with Gasteiger partial charge in [-0.15, -0.1) is 0 Å². The second kappa shape index (κ2) is 33.1. The van der Waals surface area contributed by atoms with E-state index in [1.54, 1.807) is 56.4 Å². The van der Waals surface area contributed by atoms with E-state index in [1.165, 1.54) is 24.3 Å². The van der Waals surface area contributed by atoms with E-state index in [0.717, 1.165) is 10.9 Å². The molecule has 1 aliphatic rings. The van der Waals surface area contributed by atoms with Crippen molar-refractivity contribution >= 4 is 81.9 Å². The summed E-state index contributed by atoms with van der Waals surface area (Å²) in [5.41, 5.74) is 19.0. The van der Waals surface area contributed by atoms with Gasteiger partial charge in [0, 0.05) is 74.7 Å². The molecule has 0 saturated carbocycles. The Morgan fingerprint density at radius 1 is 0.694 bits per heavy atom. The van der Waals surface area contributed by atoms with Gasteiger partial charge in [0.1, 0.15) is 48.3 Å². The SMILES string of the molecule is CCCC[C@H](NC(C)=O)C(=O)N[C@@H](CCC(=O)O)C(=O)N[C@@H](Cc1cnc[nH]1)C(=O)N[C@H](Cc1ccccc1)C(=O)N[C@@H](CCCN=C(N)N)C(=O)N[C@@H](Cc1c[nH]c2ccccc12)C(=O)NCC(=O)N1CCC[C@H]1C(=O)N[C@H](C(N)=O)C(C)C. The first-order valence-corrected chi connectivity index (χ1v) is 28.3. The van der Waals surface area contributed by atoms with Crippen LogP contribution in [0.5, 0.6) is 0 Å². The molecule has 8 atom stereocenters. The molecule has 10 amide bonds. The molecule has 1 aliphatic heterocycles. The van der Waals surface area contributed by atoms with Crippen molar-refractivity contribution in [2.45, 2.75) is 153 Å². The topological polar surface area (TPSA) is 442 Å². The zero-order valence-electron chi connectivity index (χ0n) is 48.2. The average Bonchev–Trinajstić information content (AvgIpc) is 4.40. The number of para-hydroxylation sites is 1. The summed E-state index contributed by atoms with van der Waals surface area (Å²) >= 11 is 0. The van der Waals surface area contributed by atoms with E-state index in [2.05, 4.69) is 62.5 Å². The minimum atomic E-state index is -1.51. The second-order valence-corrected chi connectivity index (χ2v) is 21.2. The third-order valence-electron chi connectivity index (χ3n) is 14.2. The van der Waals surface area contributed by atoms with Crippen molar-refractivity contribution in [3.63, 3.8) is 0 Å². The van der Waals surface area contributed by atoms with E-state index >= 15 is 0 Å². The molecule has 0 spiro atoms. The van der Waals surface area contributed by atoms with Crippen molar-refractivity contribution in [3.8, 4) is 0 Å². The summed E-state index contributed by atoms with van der Waals surface area (Å²) in [5.74, 6) is -9.39. The van der Waals surface area contributed by atoms with Gasteiger partial charge >= 0.3 is 5.97 Å². The number of fused-ring (bicyclic) bond motifs is 1. The zero-order valence-corrected chi connectivity index (χ0v) is 48.2. The van der Waals surface area contributed by atoms with E-state index in [4.69, 9.17) is 17.2 Å². The van der Waals surface area contributed by atoms with Gasteiger partial charge in [0.2, 0.25) is 59.1 Å². The molecule has 28 nitrogen and oxygen atoms in total. The predicted molar refractivity (Wildman–Crippen MR) is 312 cm³/mol. The largest absolute Gasteiger partial charge is 0.481 e. The Bertz CT molecular complexity index is 2980. The number of amides is 10. The van der Waals surface area contributed by atoms with Gasteiger partial charge < -0.3 is 79.7 Å². The lowest BCUT2D eigenvalue weighted by Gasteiger charge is -2.28. The van der Waals surface area contributed by atoms with Crippen molar-refractivity contribution in [2.24, 2.45) is 28.1 Å². The molecule has 2 aromatic carbocycles. The number of aliphatic imine (C=N–C) groups is 1. The Morgan fingerprint density at radius 2 is 1.27 bits per heavy atom. The maximum atomic E-state index is 14.8. The molecular weight excluding hydrogens is 1100 g/mol. The van der Waals surface area contributed by atoms with Crippen LogP contribution in [0.1, 0.15) is 102 Å². The number of nitrogens with zero attached hydrogens (tertiary/aromatic N) is 3. The number of nitrogens with one attached hydrogen (secondary N) is 10. The number of carboxylic acid groups (broad SMARTS) is 1. The minimum Gasteiger partial charge on any atom is -0.481 e. The number of nitrogens with two attached hydrogens (primary N) is 3. The first-order valence-electron chi connectivity index (χ1n) is 28.3. The molecule has 1 saturated heterocycles. The fourth-order valence-electron chi connectivity index (χ4n) is 9.75. The molecule has 1 fully saturated rings. The zero-order chi connectivity index (χ0) is 62.2. The summed E-state index contributed by atoms with van der Waals surface area (Å²) in [7, 11) is 0. The maximum Gasteiger partial charge on any atom is 0.303 e. The summed E-state index contributed by atoms with van der Waals surface area (Å²) in [6.45, 7) is 6.16. The molecule has 460 valence electrons. The van der Waals surface area contributed by atoms with Gasteiger partial charge in [0.05, 0.1) is 12.9 Å². The van der Waals surface area contributed by atoms with E-state index in [9.17, 15) is 57.8 Å². The van der Waals surface area contributed by atoms with Crippen molar-refractivity contribution in [3.05, 3.63) is 90.1 Å². The number of benzene rings is 2. The molecule has 3 heterocycles. The van der Waals surface area contributed by atoms with E-state index in [1.807, 2.05) is 25.1 Å². The number of likely N-dealkylation sites (tertiary alicyclic amines) is 1. The number of carboxylic acids is 1. The molecule has 28 heteroatoms. The molecule has 85 heavy (non-hydrogen) atoms. The highest BCUT2D eigenvalue weighted by Gasteiger charge is 2.38. The number of aliphatic carboxylic acids is 1. The Kier molecular flexibility index (Phi) is 25.8. The lowest BCUT2D eigenvalue weighted by Crippen LogP contribution is -2.60. The normalized spacial score (nSPS) is 15.4. The smallest absolute Gasteiger partial charge is 0.303 e. The maximum absolute atomic E-state index is 14.8. The minimum absolute atomic E-state index is 0.0131. The number of carbonyl (C=O) groups excluding carboxylic acids is 10. The first-order chi connectivity index (χ1) is 40.5. The molecule has 0 radical (unpaired) electrons. The van der Waals surface area contributed by atoms with Crippen LogP contribution in [-0.2, 0) is 72.0 Å². The lowest BCUT2D eigenvalue weighted by molar-refractivity contribution is -0.140. The highest BCUT2D eigenvalue weighted by molar-refractivity contribution is 5.99. The number of unbranched alkanes of at least 4 members (excludes halogenated alkanes) is 1. The van der Waals surface area contributed by atoms with Gasteiger partial charge in [-0.2, -0.15) is 0 Å². The highest BCUT2D eigenvalue weighted by Crippen LogP contribution is 2.21. The summed E-state index contributed by atoms with van der Waals surface area (Å²) in [6, 6.07) is 5.51. The van der Waals surface area contributed by atoms with Crippen molar-refractivity contribution < 1.29 is 57.8 Å². The number of guanidine groups is 1. The predicted octanol–water partition coefficient (Wildman–Crippen LogP) is -1.31. The van der Waals surface area contributed by atoms with Crippen LogP contribution in [0, 0.1) is 5.92 Å². The first kappa shape index (κ1) is 66.4. The number of aromatic nitrogens is 3. The van der Waals surface area contributed by atoms with Gasteiger partial charge in [0.15, 0.2) is 5.96 Å². The summed E-state index contributed by atoms with van der Waals surface area (Å²) < 4.78 is 0. The van der Waals surface area contributed by atoms with Crippen LogP contribution in [0.3, 0.4) is 0 Å². The third-order valence-corrected chi connectivity index (χ3v) is 14.2. The van der Waals surface area contributed by atoms with Gasteiger partial charge in [-0.3, -0.25) is 57.7 Å². The number of primary amides is 1. The summed E-state index contributed by atoms with van der Waals surface area (Å²) in [5, 5.41) is 31.5. The fraction of sp³-hybridized carbons (Fsp3) is 0.491. The number of rotatable bonds is 34. The monoisotopic (exact) mass is 1180 g/mol. The Balaban J connectivity index is 1.43. The van der Waals surface area contributed by atoms with Gasteiger partial charge in [-0.05, 0) is 61.6 Å².